The molecule has 24 heavy (non-hydrogen) atoms. The number of allylic oxidation sites excluding steroid dienone is 1. The summed E-state index contributed by atoms with van der Waals surface area (Å²) in [5.74, 6) is 0. The molecule has 0 radical (unpaired) electrons. The molecule has 0 unspecified atom stereocenters. The molecule has 2 aromatic carbocycles. The number of fused-ring (bicyclic) bond motifs is 1. The van der Waals surface area contributed by atoms with Crippen molar-refractivity contribution in [2.45, 2.75) is 0 Å². The van der Waals surface area contributed by atoms with Gasteiger partial charge in [0.1, 0.15) is 5.69 Å². The predicted molar refractivity (Wildman–Crippen MR) is 99.6 cm³/mol. The standard InChI is InChI=1S/C19H17N5/c1-13(19-12-22-17-4-2-3-5-18(17)24-19)23-16-8-6-14(7-9-16)15(10-20)11-21/h2-12,20,23H,1,21H2/b15-11+,20-10?. The highest BCUT2D eigenvalue weighted by Gasteiger charge is 2.05. The van der Waals surface area contributed by atoms with Crippen molar-refractivity contribution in [3.05, 3.63) is 78.8 Å². The van der Waals surface area contributed by atoms with Crippen LogP contribution in [0.1, 0.15) is 11.3 Å². The zero-order valence-electron chi connectivity index (χ0n) is 13.0. The predicted octanol–water partition coefficient (Wildman–Crippen LogP) is 3.66. The average Bonchev–Trinajstić information content (AvgIpc) is 2.63. The van der Waals surface area contributed by atoms with Gasteiger partial charge in [0.05, 0.1) is 22.9 Å². The van der Waals surface area contributed by atoms with E-state index in [-0.39, 0.29) is 0 Å². The maximum Gasteiger partial charge on any atom is 0.105 e. The van der Waals surface area contributed by atoms with Crippen molar-refractivity contribution in [1.29, 1.82) is 5.41 Å². The molecule has 118 valence electrons. The van der Waals surface area contributed by atoms with E-state index in [1.165, 1.54) is 12.4 Å². The summed E-state index contributed by atoms with van der Waals surface area (Å²) >= 11 is 0. The molecule has 3 aromatic rings. The monoisotopic (exact) mass is 315 g/mol. The highest BCUT2D eigenvalue weighted by atomic mass is 14.9. The number of para-hydroxylation sites is 2. The van der Waals surface area contributed by atoms with Gasteiger partial charge < -0.3 is 16.5 Å². The van der Waals surface area contributed by atoms with Crippen molar-refractivity contribution in [3.8, 4) is 0 Å². The Morgan fingerprint density at radius 1 is 1.08 bits per heavy atom. The number of hydrogen-bond donors (Lipinski definition) is 3. The fraction of sp³-hybridized carbons (Fsp3) is 0. The van der Waals surface area contributed by atoms with Gasteiger partial charge in [-0.25, -0.2) is 4.98 Å². The molecule has 0 amide bonds. The van der Waals surface area contributed by atoms with Crippen molar-refractivity contribution < 1.29 is 0 Å². The molecule has 0 bridgehead atoms. The molecule has 5 heteroatoms. The second-order valence-corrected chi connectivity index (χ2v) is 5.19. The third kappa shape index (κ3) is 3.15. The van der Waals surface area contributed by atoms with Gasteiger partial charge in [0.2, 0.25) is 0 Å². The van der Waals surface area contributed by atoms with E-state index < -0.39 is 0 Å². The van der Waals surface area contributed by atoms with Gasteiger partial charge in [-0.05, 0) is 29.8 Å². The molecule has 0 fully saturated rings. The SMILES string of the molecule is C=C(Nc1ccc(/C(C=N)=C/N)cc1)c1cnc2ccccc2n1. The van der Waals surface area contributed by atoms with Crippen LogP contribution in [0.25, 0.3) is 22.3 Å². The van der Waals surface area contributed by atoms with E-state index in [9.17, 15) is 0 Å². The molecule has 3 rings (SSSR count). The molecular weight excluding hydrogens is 298 g/mol. The Kier molecular flexibility index (Phi) is 4.34. The van der Waals surface area contributed by atoms with Crippen LogP contribution < -0.4 is 11.1 Å². The molecule has 0 aliphatic carbocycles. The molecule has 0 atom stereocenters. The topological polar surface area (TPSA) is 87.7 Å². The van der Waals surface area contributed by atoms with Crippen molar-refractivity contribution in [3.63, 3.8) is 0 Å². The quantitative estimate of drug-likeness (QED) is 0.627. The summed E-state index contributed by atoms with van der Waals surface area (Å²) in [7, 11) is 0. The van der Waals surface area contributed by atoms with Gasteiger partial charge in [-0.15, -0.1) is 0 Å². The number of benzene rings is 2. The lowest BCUT2D eigenvalue weighted by Gasteiger charge is -2.10. The maximum absolute atomic E-state index is 7.32. The molecule has 0 aliphatic rings. The number of nitrogens with two attached hydrogens (primary N) is 1. The Hall–Kier alpha value is -3.47. The lowest BCUT2D eigenvalue weighted by molar-refractivity contribution is 1.25. The number of nitrogens with one attached hydrogen (secondary N) is 2. The summed E-state index contributed by atoms with van der Waals surface area (Å²) in [5, 5.41) is 10.5. The van der Waals surface area contributed by atoms with Gasteiger partial charge in [-0.2, -0.15) is 0 Å². The molecule has 0 spiro atoms. The Bertz CT molecular complexity index is 926. The van der Waals surface area contributed by atoms with Crippen molar-refractivity contribution >= 4 is 34.2 Å². The second-order valence-electron chi connectivity index (χ2n) is 5.19. The molecule has 0 aliphatic heterocycles. The number of anilines is 1. The molecular formula is C19H17N5. The average molecular weight is 315 g/mol. The first-order valence-corrected chi connectivity index (χ1v) is 7.42. The van der Waals surface area contributed by atoms with E-state index in [1.807, 2.05) is 48.5 Å². The van der Waals surface area contributed by atoms with Crippen molar-refractivity contribution in [2.75, 3.05) is 5.32 Å². The van der Waals surface area contributed by atoms with Gasteiger partial charge >= 0.3 is 0 Å². The third-order valence-corrected chi connectivity index (χ3v) is 3.61. The summed E-state index contributed by atoms with van der Waals surface area (Å²) in [6, 6.07) is 15.3. The fourth-order valence-electron chi connectivity index (χ4n) is 2.31. The maximum atomic E-state index is 7.32. The van der Waals surface area contributed by atoms with Crippen LogP contribution in [0.2, 0.25) is 0 Å². The van der Waals surface area contributed by atoms with E-state index in [1.54, 1.807) is 6.20 Å². The van der Waals surface area contributed by atoms with Crippen LogP contribution in [-0.4, -0.2) is 16.2 Å². The smallest absolute Gasteiger partial charge is 0.105 e. The minimum atomic E-state index is 0.667. The lowest BCUT2D eigenvalue weighted by atomic mass is 10.1. The first-order chi connectivity index (χ1) is 11.7. The fourth-order valence-corrected chi connectivity index (χ4v) is 2.31. The minimum Gasteiger partial charge on any atom is -0.404 e. The second kappa shape index (κ2) is 6.75. The zero-order chi connectivity index (χ0) is 16.9. The van der Waals surface area contributed by atoms with E-state index >= 15 is 0 Å². The van der Waals surface area contributed by atoms with Gasteiger partial charge in [0.15, 0.2) is 0 Å². The largest absolute Gasteiger partial charge is 0.404 e. The Morgan fingerprint density at radius 3 is 2.46 bits per heavy atom. The van der Waals surface area contributed by atoms with Crippen LogP contribution in [0.5, 0.6) is 0 Å². The lowest BCUT2D eigenvalue weighted by Crippen LogP contribution is -2.01. The molecule has 4 N–H and O–H groups in total. The Morgan fingerprint density at radius 2 is 1.79 bits per heavy atom. The van der Waals surface area contributed by atoms with Crippen LogP contribution in [-0.2, 0) is 0 Å². The summed E-state index contributed by atoms with van der Waals surface area (Å²) < 4.78 is 0. The Balaban J connectivity index is 1.79. The highest BCUT2D eigenvalue weighted by Crippen LogP contribution is 2.20. The number of aromatic nitrogens is 2. The summed E-state index contributed by atoms with van der Waals surface area (Å²) in [6.45, 7) is 4.04. The number of rotatable bonds is 5. The first kappa shape index (κ1) is 15.4. The van der Waals surface area contributed by atoms with E-state index in [4.69, 9.17) is 11.1 Å². The van der Waals surface area contributed by atoms with Crippen molar-refractivity contribution in [2.24, 2.45) is 5.73 Å². The van der Waals surface area contributed by atoms with Gasteiger partial charge in [0, 0.05) is 23.7 Å². The highest BCUT2D eigenvalue weighted by molar-refractivity contribution is 6.08. The Labute approximate surface area is 140 Å². The summed E-state index contributed by atoms with van der Waals surface area (Å²) in [5.41, 5.74) is 11.0. The van der Waals surface area contributed by atoms with E-state index in [0.29, 0.717) is 17.0 Å². The molecule has 5 nitrogen and oxygen atoms in total. The number of nitrogens with zero attached hydrogens (tertiary/aromatic N) is 2. The van der Waals surface area contributed by atoms with Crippen LogP contribution in [0.4, 0.5) is 5.69 Å². The van der Waals surface area contributed by atoms with Crippen LogP contribution in [0.15, 0.2) is 67.5 Å². The van der Waals surface area contributed by atoms with Crippen molar-refractivity contribution in [1.82, 2.24) is 9.97 Å². The van der Waals surface area contributed by atoms with E-state index in [2.05, 4.69) is 21.9 Å². The summed E-state index contributed by atoms with van der Waals surface area (Å²) in [6.07, 6.45) is 4.35. The minimum absolute atomic E-state index is 0.667. The van der Waals surface area contributed by atoms with Crippen LogP contribution >= 0.6 is 0 Å². The van der Waals surface area contributed by atoms with Gasteiger partial charge in [-0.3, -0.25) is 4.98 Å². The number of hydrogen-bond acceptors (Lipinski definition) is 5. The van der Waals surface area contributed by atoms with Crippen LogP contribution in [0.3, 0.4) is 0 Å². The normalized spacial score (nSPS) is 11.2. The molecule has 0 saturated heterocycles. The molecule has 1 heterocycles. The molecule has 1 aromatic heterocycles. The van der Waals surface area contributed by atoms with E-state index in [0.717, 1.165) is 22.3 Å². The third-order valence-electron chi connectivity index (χ3n) is 3.61. The molecule has 0 saturated carbocycles. The van der Waals surface area contributed by atoms with Gasteiger partial charge in [0.25, 0.3) is 0 Å². The van der Waals surface area contributed by atoms with Gasteiger partial charge in [-0.1, -0.05) is 30.8 Å². The summed E-state index contributed by atoms with van der Waals surface area (Å²) in [4.78, 5) is 8.96. The van der Waals surface area contributed by atoms with Crippen LogP contribution in [0, 0.1) is 5.41 Å². The zero-order valence-corrected chi connectivity index (χ0v) is 13.0. The first-order valence-electron chi connectivity index (χ1n) is 7.42.